The van der Waals surface area contributed by atoms with E-state index >= 15 is 0 Å². The SMILES string of the molecule is COC1CCCN(C(=O)Cc2ccc(NC(=O)OCc3ccc(Cl)cc3)cc2)C1. The predicted octanol–water partition coefficient (Wildman–Crippen LogP) is 4.27. The van der Waals surface area contributed by atoms with Crippen LogP contribution < -0.4 is 5.32 Å². The highest BCUT2D eigenvalue weighted by Gasteiger charge is 2.23. The monoisotopic (exact) mass is 416 g/mol. The van der Waals surface area contributed by atoms with Crippen molar-refractivity contribution in [2.75, 3.05) is 25.5 Å². The first kappa shape index (κ1) is 21.1. The van der Waals surface area contributed by atoms with E-state index in [1.807, 2.05) is 17.0 Å². The quantitative estimate of drug-likeness (QED) is 0.763. The average Bonchev–Trinajstić information content (AvgIpc) is 2.74. The summed E-state index contributed by atoms with van der Waals surface area (Å²) < 4.78 is 10.6. The van der Waals surface area contributed by atoms with Crippen molar-refractivity contribution in [3.8, 4) is 0 Å². The first-order valence-electron chi connectivity index (χ1n) is 9.61. The van der Waals surface area contributed by atoms with Crippen molar-refractivity contribution in [2.45, 2.75) is 32.0 Å². The lowest BCUT2D eigenvalue weighted by molar-refractivity contribution is -0.134. The Morgan fingerprint density at radius 1 is 1.10 bits per heavy atom. The molecule has 0 radical (unpaired) electrons. The van der Waals surface area contributed by atoms with Crippen molar-refractivity contribution in [1.82, 2.24) is 4.90 Å². The van der Waals surface area contributed by atoms with E-state index in [0.717, 1.165) is 30.5 Å². The average molecular weight is 417 g/mol. The fraction of sp³-hybridized carbons (Fsp3) is 0.364. The second kappa shape index (κ2) is 10.3. The second-order valence-corrected chi connectivity index (χ2v) is 7.48. The van der Waals surface area contributed by atoms with E-state index in [1.165, 1.54) is 0 Å². The molecular weight excluding hydrogens is 392 g/mol. The number of rotatable bonds is 6. The van der Waals surface area contributed by atoms with Crippen LogP contribution in [0, 0.1) is 0 Å². The molecule has 2 aromatic rings. The topological polar surface area (TPSA) is 67.9 Å². The number of piperidine rings is 1. The van der Waals surface area contributed by atoms with Crippen LogP contribution in [-0.4, -0.2) is 43.2 Å². The number of anilines is 1. The molecule has 1 saturated heterocycles. The summed E-state index contributed by atoms with van der Waals surface area (Å²) in [5, 5.41) is 3.32. The molecule has 0 saturated carbocycles. The number of amides is 2. The van der Waals surface area contributed by atoms with Gasteiger partial charge in [0.1, 0.15) is 6.61 Å². The number of nitrogens with zero attached hydrogens (tertiary/aromatic N) is 1. The van der Waals surface area contributed by atoms with E-state index in [4.69, 9.17) is 21.1 Å². The molecule has 3 rings (SSSR count). The van der Waals surface area contributed by atoms with Gasteiger partial charge in [-0.2, -0.15) is 0 Å². The second-order valence-electron chi connectivity index (χ2n) is 7.04. The number of halogens is 1. The number of likely N-dealkylation sites (tertiary alicyclic amines) is 1. The summed E-state index contributed by atoms with van der Waals surface area (Å²) in [5.74, 6) is 0.0924. The molecule has 1 atom stereocenters. The molecule has 1 N–H and O–H groups in total. The highest BCUT2D eigenvalue weighted by atomic mass is 35.5. The maximum atomic E-state index is 12.5. The molecule has 2 aromatic carbocycles. The first-order chi connectivity index (χ1) is 14.0. The third kappa shape index (κ3) is 6.48. The Bertz CT molecular complexity index is 824. The van der Waals surface area contributed by atoms with Gasteiger partial charge in [-0.05, 0) is 48.2 Å². The Morgan fingerprint density at radius 2 is 1.79 bits per heavy atom. The van der Waals surface area contributed by atoms with Gasteiger partial charge < -0.3 is 14.4 Å². The Hall–Kier alpha value is -2.57. The minimum absolute atomic E-state index is 0.0924. The smallest absolute Gasteiger partial charge is 0.411 e. The van der Waals surface area contributed by atoms with E-state index in [0.29, 0.717) is 23.7 Å². The lowest BCUT2D eigenvalue weighted by atomic mass is 10.1. The Balaban J connectivity index is 1.46. The summed E-state index contributed by atoms with van der Waals surface area (Å²) in [6.45, 7) is 1.58. The zero-order chi connectivity index (χ0) is 20.6. The number of hydrogen-bond donors (Lipinski definition) is 1. The van der Waals surface area contributed by atoms with E-state index in [9.17, 15) is 9.59 Å². The van der Waals surface area contributed by atoms with Crippen LogP contribution in [0.5, 0.6) is 0 Å². The van der Waals surface area contributed by atoms with Crippen LogP contribution in [-0.2, 0) is 27.3 Å². The maximum absolute atomic E-state index is 12.5. The summed E-state index contributed by atoms with van der Waals surface area (Å²) >= 11 is 5.83. The van der Waals surface area contributed by atoms with Crippen LogP contribution in [0.1, 0.15) is 24.0 Å². The largest absolute Gasteiger partial charge is 0.444 e. The van der Waals surface area contributed by atoms with Crippen molar-refractivity contribution in [1.29, 1.82) is 0 Å². The van der Waals surface area contributed by atoms with Crippen LogP contribution in [0.15, 0.2) is 48.5 Å². The van der Waals surface area contributed by atoms with Crippen molar-refractivity contribution in [2.24, 2.45) is 0 Å². The highest BCUT2D eigenvalue weighted by molar-refractivity contribution is 6.30. The number of hydrogen-bond acceptors (Lipinski definition) is 4. The lowest BCUT2D eigenvalue weighted by Gasteiger charge is -2.32. The molecule has 0 aliphatic carbocycles. The summed E-state index contributed by atoms with van der Waals surface area (Å²) in [7, 11) is 1.69. The van der Waals surface area contributed by atoms with Crippen LogP contribution in [0.2, 0.25) is 5.02 Å². The number of carbonyl (C=O) groups is 2. The number of carbonyl (C=O) groups excluding carboxylic acids is 2. The van der Waals surface area contributed by atoms with Crippen molar-refractivity contribution >= 4 is 29.3 Å². The normalized spacial score (nSPS) is 16.3. The van der Waals surface area contributed by atoms with Gasteiger partial charge in [0.2, 0.25) is 5.91 Å². The fourth-order valence-corrected chi connectivity index (χ4v) is 3.36. The molecule has 0 spiro atoms. The van der Waals surface area contributed by atoms with Gasteiger partial charge >= 0.3 is 6.09 Å². The lowest BCUT2D eigenvalue weighted by Crippen LogP contribution is -2.43. The molecule has 1 heterocycles. The van der Waals surface area contributed by atoms with Crippen molar-refractivity contribution < 1.29 is 19.1 Å². The van der Waals surface area contributed by atoms with Gasteiger partial charge in [-0.25, -0.2) is 4.79 Å². The zero-order valence-electron chi connectivity index (χ0n) is 16.4. The van der Waals surface area contributed by atoms with Gasteiger partial charge in [-0.3, -0.25) is 10.1 Å². The molecule has 1 fully saturated rings. The first-order valence-corrected chi connectivity index (χ1v) is 9.99. The zero-order valence-corrected chi connectivity index (χ0v) is 17.2. The van der Waals surface area contributed by atoms with Crippen molar-refractivity contribution in [3.63, 3.8) is 0 Å². The molecule has 7 heteroatoms. The number of methoxy groups -OCH3 is 1. The Kier molecular flexibility index (Phi) is 7.49. The van der Waals surface area contributed by atoms with Gasteiger partial charge in [0.15, 0.2) is 0 Å². The molecule has 1 aliphatic rings. The summed E-state index contributed by atoms with van der Waals surface area (Å²) in [6, 6.07) is 14.3. The van der Waals surface area contributed by atoms with Gasteiger partial charge in [0.05, 0.1) is 12.5 Å². The van der Waals surface area contributed by atoms with Crippen molar-refractivity contribution in [3.05, 3.63) is 64.7 Å². The molecule has 0 aromatic heterocycles. The van der Waals surface area contributed by atoms with Crippen LogP contribution in [0.4, 0.5) is 10.5 Å². The van der Waals surface area contributed by atoms with Crippen LogP contribution in [0.25, 0.3) is 0 Å². The van der Waals surface area contributed by atoms with Crippen LogP contribution >= 0.6 is 11.6 Å². The Morgan fingerprint density at radius 3 is 2.48 bits per heavy atom. The molecule has 154 valence electrons. The summed E-state index contributed by atoms with van der Waals surface area (Å²) in [4.78, 5) is 26.3. The van der Waals surface area contributed by atoms with E-state index in [2.05, 4.69) is 5.32 Å². The predicted molar refractivity (Wildman–Crippen MR) is 112 cm³/mol. The van der Waals surface area contributed by atoms with Gasteiger partial charge in [0.25, 0.3) is 0 Å². The summed E-state index contributed by atoms with van der Waals surface area (Å²) in [5.41, 5.74) is 2.36. The standard InChI is InChI=1S/C22H25ClN2O4/c1-28-20-3-2-12-25(14-20)21(26)13-16-6-10-19(11-7-16)24-22(27)29-15-17-4-8-18(23)9-5-17/h4-11,20H,2-3,12-15H2,1H3,(H,24,27). The van der Waals surface area contributed by atoms with Gasteiger partial charge in [-0.15, -0.1) is 0 Å². The molecule has 29 heavy (non-hydrogen) atoms. The van der Waals surface area contributed by atoms with Gasteiger partial charge in [0, 0.05) is 30.9 Å². The molecule has 1 aliphatic heterocycles. The fourth-order valence-electron chi connectivity index (χ4n) is 3.23. The molecule has 6 nitrogen and oxygen atoms in total. The number of ether oxygens (including phenoxy) is 2. The molecule has 1 unspecified atom stereocenters. The van der Waals surface area contributed by atoms with E-state index in [1.54, 1.807) is 43.5 Å². The van der Waals surface area contributed by atoms with Gasteiger partial charge in [-0.1, -0.05) is 35.9 Å². The number of benzene rings is 2. The molecule has 0 bridgehead atoms. The third-order valence-electron chi connectivity index (χ3n) is 4.90. The maximum Gasteiger partial charge on any atom is 0.411 e. The summed E-state index contributed by atoms with van der Waals surface area (Å²) in [6.07, 6.45) is 1.87. The minimum atomic E-state index is -0.539. The highest BCUT2D eigenvalue weighted by Crippen LogP contribution is 2.16. The Labute approximate surface area is 175 Å². The minimum Gasteiger partial charge on any atom is -0.444 e. The van der Waals surface area contributed by atoms with E-state index < -0.39 is 6.09 Å². The molecule has 2 amide bonds. The molecular formula is C22H25ClN2O4. The van der Waals surface area contributed by atoms with Crippen LogP contribution in [0.3, 0.4) is 0 Å². The third-order valence-corrected chi connectivity index (χ3v) is 5.16. The number of nitrogens with one attached hydrogen (secondary N) is 1. The van der Waals surface area contributed by atoms with E-state index in [-0.39, 0.29) is 18.6 Å².